The van der Waals surface area contributed by atoms with Gasteiger partial charge in [0.15, 0.2) is 0 Å². The van der Waals surface area contributed by atoms with Gasteiger partial charge in [0.1, 0.15) is 5.75 Å². The number of carbonyl (C=O) groups is 1. The summed E-state index contributed by atoms with van der Waals surface area (Å²) in [6.45, 7) is 6.70. The molecule has 2 aromatic carbocycles. The number of amides is 1. The van der Waals surface area contributed by atoms with Crippen molar-refractivity contribution in [2.45, 2.75) is 20.4 Å². The Morgan fingerprint density at radius 1 is 1.12 bits per heavy atom. The van der Waals surface area contributed by atoms with Crippen molar-refractivity contribution in [3.8, 4) is 5.75 Å². The molecule has 0 aliphatic rings. The average molecular weight is 347 g/mol. The van der Waals surface area contributed by atoms with E-state index in [2.05, 4.69) is 36.2 Å². The predicted octanol–water partition coefficient (Wildman–Crippen LogP) is 4.12. The fraction of sp³-hybridized carbons (Fsp3) is 0.316. The van der Waals surface area contributed by atoms with Crippen LogP contribution in [0, 0.1) is 0 Å². The van der Waals surface area contributed by atoms with Gasteiger partial charge in [-0.2, -0.15) is 0 Å². The summed E-state index contributed by atoms with van der Waals surface area (Å²) in [5, 5.41) is 3.33. The van der Waals surface area contributed by atoms with Crippen LogP contribution in [0.3, 0.4) is 0 Å². The largest absolute Gasteiger partial charge is 0.495 e. The minimum Gasteiger partial charge on any atom is -0.495 e. The van der Waals surface area contributed by atoms with E-state index in [1.165, 1.54) is 5.69 Å². The van der Waals surface area contributed by atoms with Gasteiger partial charge < -0.3 is 15.0 Å². The molecule has 24 heavy (non-hydrogen) atoms. The van der Waals surface area contributed by atoms with E-state index in [1.54, 1.807) is 25.3 Å². The highest BCUT2D eigenvalue weighted by Crippen LogP contribution is 2.24. The maximum atomic E-state index is 12.2. The molecule has 0 unspecified atom stereocenters. The molecule has 0 heterocycles. The monoisotopic (exact) mass is 346 g/mol. The zero-order valence-corrected chi connectivity index (χ0v) is 15.1. The number of hydrogen-bond acceptors (Lipinski definition) is 3. The number of methoxy groups -OCH3 is 1. The van der Waals surface area contributed by atoms with Crippen molar-refractivity contribution in [1.29, 1.82) is 0 Å². The standard InChI is InChI=1S/C19H23ClN2O2/c1-4-22(5-2)16-9-6-14(7-10-16)13-21-19(23)15-8-11-18(24-3)17(20)12-15/h6-12H,4-5,13H2,1-3H3,(H,21,23). The number of carbonyl (C=O) groups excluding carboxylic acids is 1. The van der Waals surface area contributed by atoms with E-state index in [0.29, 0.717) is 22.9 Å². The smallest absolute Gasteiger partial charge is 0.251 e. The first-order chi connectivity index (χ1) is 11.6. The molecule has 0 fully saturated rings. The minimum atomic E-state index is -0.160. The first-order valence-electron chi connectivity index (χ1n) is 8.04. The highest BCUT2D eigenvalue weighted by Gasteiger charge is 2.09. The van der Waals surface area contributed by atoms with E-state index in [1.807, 2.05) is 12.1 Å². The topological polar surface area (TPSA) is 41.6 Å². The summed E-state index contributed by atoms with van der Waals surface area (Å²) in [5.41, 5.74) is 2.76. The second kappa shape index (κ2) is 8.60. The van der Waals surface area contributed by atoms with Crippen molar-refractivity contribution in [1.82, 2.24) is 5.32 Å². The molecule has 2 rings (SSSR count). The van der Waals surface area contributed by atoms with Crippen LogP contribution in [0.1, 0.15) is 29.8 Å². The Balaban J connectivity index is 1.97. The van der Waals surface area contributed by atoms with Crippen LogP contribution in [0.5, 0.6) is 5.75 Å². The van der Waals surface area contributed by atoms with Gasteiger partial charge in [-0.1, -0.05) is 23.7 Å². The summed E-state index contributed by atoms with van der Waals surface area (Å²) in [7, 11) is 1.54. The number of halogens is 1. The Kier molecular flexibility index (Phi) is 6.50. The third-order valence-electron chi connectivity index (χ3n) is 3.93. The number of anilines is 1. The van der Waals surface area contributed by atoms with Gasteiger partial charge in [0.25, 0.3) is 5.91 Å². The number of ether oxygens (including phenoxy) is 1. The Morgan fingerprint density at radius 3 is 2.33 bits per heavy atom. The minimum absolute atomic E-state index is 0.160. The van der Waals surface area contributed by atoms with Crippen LogP contribution in [-0.2, 0) is 6.54 Å². The summed E-state index contributed by atoms with van der Waals surface area (Å²) in [5.74, 6) is 0.396. The second-order valence-electron chi connectivity index (χ2n) is 5.37. The first-order valence-corrected chi connectivity index (χ1v) is 8.42. The summed E-state index contributed by atoms with van der Waals surface area (Å²) < 4.78 is 5.09. The lowest BCUT2D eigenvalue weighted by Crippen LogP contribution is -2.23. The fourth-order valence-corrected chi connectivity index (χ4v) is 2.76. The molecule has 5 heteroatoms. The molecule has 0 aromatic heterocycles. The van der Waals surface area contributed by atoms with E-state index in [9.17, 15) is 4.79 Å². The SMILES string of the molecule is CCN(CC)c1ccc(CNC(=O)c2ccc(OC)c(Cl)c2)cc1. The quantitative estimate of drug-likeness (QED) is 0.819. The molecule has 0 bridgehead atoms. The molecule has 0 aliphatic carbocycles. The summed E-state index contributed by atoms with van der Waals surface area (Å²) >= 11 is 6.06. The van der Waals surface area contributed by atoms with Gasteiger partial charge in [0.2, 0.25) is 0 Å². The van der Waals surface area contributed by atoms with Crippen molar-refractivity contribution in [2.75, 3.05) is 25.1 Å². The number of hydrogen-bond donors (Lipinski definition) is 1. The summed E-state index contributed by atoms with van der Waals surface area (Å²) in [6.07, 6.45) is 0. The van der Waals surface area contributed by atoms with E-state index >= 15 is 0 Å². The maximum Gasteiger partial charge on any atom is 0.251 e. The van der Waals surface area contributed by atoms with Gasteiger partial charge in [-0.15, -0.1) is 0 Å². The van der Waals surface area contributed by atoms with Gasteiger partial charge >= 0.3 is 0 Å². The molecule has 0 aliphatic heterocycles. The van der Waals surface area contributed by atoms with E-state index in [-0.39, 0.29) is 5.91 Å². The molecule has 1 N–H and O–H groups in total. The normalized spacial score (nSPS) is 10.3. The van der Waals surface area contributed by atoms with Gasteiger partial charge in [0, 0.05) is 30.9 Å². The third-order valence-corrected chi connectivity index (χ3v) is 4.23. The van der Waals surface area contributed by atoms with Crippen molar-refractivity contribution in [3.05, 3.63) is 58.6 Å². The Labute approximate surface area is 148 Å². The summed E-state index contributed by atoms with van der Waals surface area (Å²) in [4.78, 5) is 14.5. The third kappa shape index (κ3) is 4.42. The van der Waals surface area contributed by atoms with Crippen molar-refractivity contribution in [2.24, 2.45) is 0 Å². The highest BCUT2D eigenvalue weighted by molar-refractivity contribution is 6.32. The van der Waals surface area contributed by atoms with Crippen LogP contribution < -0.4 is 15.0 Å². The number of rotatable bonds is 7. The van der Waals surface area contributed by atoms with Crippen LogP contribution in [0.2, 0.25) is 5.02 Å². The molecular formula is C19H23ClN2O2. The Bertz CT molecular complexity index is 682. The molecule has 128 valence electrons. The van der Waals surface area contributed by atoms with Gasteiger partial charge in [-0.3, -0.25) is 4.79 Å². The lowest BCUT2D eigenvalue weighted by Gasteiger charge is -2.21. The van der Waals surface area contributed by atoms with Gasteiger partial charge in [0.05, 0.1) is 12.1 Å². The molecule has 0 saturated carbocycles. The van der Waals surface area contributed by atoms with Crippen molar-refractivity contribution >= 4 is 23.2 Å². The molecule has 0 radical (unpaired) electrons. The first kappa shape index (κ1) is 18.1. The number of benzene rings is 2. The molecule has 0 atom stereocenters. The average Bonchev–Trinajstić information content (AvgIpc) is 2.61. The van der Waals surface area contributed by atoms with Crippen LogP contribution >= 0.6 is 11.6 Å². The zero-order chi connectivity index (χ0) is 17.5. The predicted molar refractivity (Wildman–Crippen MR) is 99.2 cm³/mol. The number of nitrogens with one attached hydrogen (secondary N) is 1. The Hall–Kier alpha value is -2.20. The van der Waals surface area contributed by atoms with E-state index < -0.39 is 0 Å². The lowest BCUT2D eigenvalue weighted by atomic mass is 10.1. The van der Waals surface area contributed by atoms with Crippen LogP contribution in [0.25, 0.3) is 0 Å². The van der Waals surface area contributed by atoms with E-state index in [0.717, 1.165) is 18.7 Å². The molecule has 0 saturated heterocycles. The summed E-state index contributed by atoms with van der Waals surface area (Å²) in [6, 6.07) is 13.2. The van der Waals surface area contributed by atoms with Gasteiger partial charge in [-0.05, 0) is 49.7 Å². The molecule has 0 spiro atoms. The van der Waals surface area contributed by atoms with Crippen molar-refractivity contribution in [3.63, 3.8) is 0 Å². The van der Waals surface area contributed by atoms with E-state index in [4.69, 9.17) is 16.3 Å². The maximum absolute atomic E-state index is 12.2. The molecule has 2 aromatic rings. The van der Waals surface area contributed by atoms with Crippen LogP contribution in [0.4, 0.5) is 5.69 Å². The highest BCUT2D eigenvalue weighted by atomic mass is 35.5. The fourth-order valence-electron chi connectivity index (χ4n) is 2.51. The lowest BCUT2D eigenvalue weighted by molar-refractivity contribution is 0.0951. The van der Waals surface area contributed by atoms with Crippen LogP contribution in [-0.4, -0.2) is 26.1 Å². The molecule has 4 nitrogen and oxygen atoms in total. The van der Waals surface area contributed by atoms with Crippen molar-refractivity contribution < 1.29 is 9.53 Å². The number of nitrogens with zero attached hydrogens (tertiary/aromatic N) is 1. The van der Waals surface area contributed by atoms with Gasteiger partial charge in [-0.25, -0.2) is 0 Å². The second-order valence-corrected chi connectivity index (χ2v) is 5.78. The zero-order valence-electron chi connectivity index (χ0n) is 14.3. The van der Waals surface area contributed by atoms with Crippen LogP contribution in [0.15, 0.2) is 42.5 Å². The Morgan fingerprint density at radius 2 is 1.79 bits per heavy atom. The molecular weight excluding hydrogens is 324 g/mol. The molecule has 1 amide bonds.